The zero-order valence-electron chi connectivity index (χ0n) is 12.3. The van der Waals surface area contributed by atoms with Gasteiger partial charge in [0.15, 0.2) is 17.5 Å². The van der Waals surface area contributed by atoms with Crippen molar-refractivity contribution in [1.29, 1.82) is 0 Å². The van der Waals surface area contributed by atoms with E-state index in [-0.39, 0.29) is 5.69 Å². The molecule has 2 aromatic rings. The highest BCUT2D eigenvalue weighted by atomic mass is 32.2. The molecule has 0 saturated heterocycles. The highest BCUT2D eigenvalue weighted by molar-refractivity contribution is 7.98. The largest absolute Gasteiger partial charge is 0.324 e. The van der Waals surface area contributed by atoms with Gasteiger partial charge >= 0.3 is 0 Å². The first-order chi connectivity index (χ1) is 11.4. The summed E-state index contributed by atoms with van der Waals surface area (Å²) in [4.78, 5) is 23.9. The normalized spacial score (nSPS) is 13.5. The van der Waals surface area contributed by atoms with Crippen molar-refractivity contribution in [2.24, 2.45) is 0 Å². The van der Waals surface area contributed by atoms with Crippen LogP contribution in [0, 0.1) is 17.5 Å². The van der Waals surface area contributed by atoms with Gasteiger partial charge in [0.1, 0.15) is 6.54 Å². The van der Waals surface area contributed by atoms with E-state index in [0.717, 1.165) is 21.7 Å². The molecule has 1 N–H and O–H groups in total. The number of nitrogens with zero attached hydrogens (tertiary/aromatic N) is 2. The number of carbonyl (C=O) groups is 1. The summed E-state index contributed by atoms with van der Waals surface area (Å²) >= 11 is 1.70. The molecular formula is C15H12F3N3O2S. The molecule has 0 unspecified atom stereocenters. The molecule has 0 saturated carbocycles. The van der Waals surface area contributed by atoms with Gasteiger partial charge in [-0.1, -0.05) is 0 Å². The number of nitrogens with one attached hydrogen (secondary N) is 1. The number of halogens is 3. The number of benzene rings is 1. The number of hydrogen-bond donors (Lipinski definition) is 1. The van der Waals surface area contributed by atoms with Crippen molar-refractivity contribution in [2.45, 2.75) is 18.7 Å². The van der Waals surface area contributed by atoms with E-state index in [9.17, 15) is 22.8 Å². The molecule has 1 aromatic carbocycles. The average Bonchev–Trinajstić information content (AvgIpc) is 2.53. The van der Waals surface area contributed by atoms with Crippen molar-refractivity contribution in [2.75, 3.05) is 11.1 Å². The molecule has 3 rings (SSSR count). The van der Waals surface area contributed by atoms with Gasteiger partial charge in [0.25, 0.3) is 5.56 Å². The van der Waals surface area contributed by atoms with Crippen LogP contribution in [0.3, 0.4) is 0 Å². The Morgan fingerprint density at radius 1 is 1.25 bits per heavy atom. The first-order valence-electron chi connectivity index (χ1n) is 7.06. The molecule has 0 bridgehead atoms. The fraction of sp³-hybridized carbons (Fsp3) is 0.267. The summed E-state index contributed by atoms with van der Waals surface area (Å²) in [5.41, 5.74) is 0.956. The lowest BCUT2D eigenvalue weighted by molar-refractivity contribution is -0.117. The Balaban J connectivity index is 1.77. The predicted molar refractivity (Wildman–Crippen MR) is 83.3 cm³/mol. The van der Waals surface area contributed by atoms with Crippen LogP contribution in [0.1, 0.15) is 11.3 Å². The summed E-state index contributed by atoms with van der Waals surface area (Å²) < 4.78 is 40.2. The number of anilines is 1. The Bertz CT molecular complexity index is 847. The number of carbonyl (C=O) groups excluding carboxylic acids is 1. The van der Waals surface area contributed by atoms with Crippen molar-refractivity contribution in [3.63, 3.8) is 0 Å². The van der Waals surface area contributed by atoms with Gasteiger partial charge in [0.05, 0.1) is 5.69 Å². The van der Waals surface area contributed by atoms with Crippen LogP contribution in [0.2, 0.25) is 0 Å². The second-order valence-electron chi connectivity index (χ2n) is 5.22. The van der Waals surface area contributed by atoms with Crippen LogP contribution < -0.4 is 10.9 Å². The average molecular weight is 355 g/mol. The smallest absolute Gasteiger partial charge is 0.267 e. The molecule has 0 spiro atoms. The van der Waals surface area contributed by atoms with E-state index in [1.165, 1.54) is 6.07 Å². The highest BCUT2D eigenvalue weighted by Gasteiger charge is 2.16. The van der Waals surface area contributed by atoms with Crippen LogP contribution in [0.4, 0.5) is 18.9 Å². The van der Waals surface area contributed by atoms with E-state index in [1.807, 2.05) is 0 Å². The summed E-state index contributed by atoms with van der Waals surface area (Å²) in [6, 6.07) is 2.77. The van der Waals surface area contributed by atoms with Crippen LogP contribution in [0.25, 0.3) is 0 Å². The first kappa shape index (κ1) is 16.6. The van der Waals surface area contributed by atoms with Gasteiger partial charge in [-0.3, -0.25) is 9.59 Å². The minimum absolute atomic E-state index is 0.237. The van der Waals surface area contributed by atoms with Gasteiger partial charge in [-0.2, -0.15) is 16.9 Å². The summed E-state index contributed by atoms with van der Waals surface area (Å²) in [7, 11) is 0. The van der Waals surface area contributed by atoms with E-state index in [4.69, 9.17) is 0 Å². The second-order valence-corrected chi connectivity index (χ2v) is 6.32. The van der Waals surface area contributed by atoms with Crippen LogP contribution in [0.5, 0.6) is 0 Å². The molecule has 1 aliphatic heterocycles. The highest BCUT2D eigenvalue weighted by Crippen LogP contribution is 2.21. The standard InChI is InChI=1S/C15H12F3N3O2S/c16-10-4-9(5-11(17)15(10)18)19-13(22)6-21-14(23)3-8-7-24-2-1-12(8)20-21/h3-5H,1-2,6-7H2,(H,19,22). The van der Waals surface area contributed by atoms with Crippen LogP contribution >= 0.6 is 11.8 Å². The Kier molecular flexibility index (Phi) is 4.61. The van der Waals surface area contributed by atoms with Gasteiger partial charge in [-0.05, 0) is 11.3 Å². The maximum atomic E-state index is 13.1. The Hall–Kier alpha value is -2.29. The molecule has 0 fully saturated rings. The Morgan fingerprint density at radius 3 is 2.67 bits per heavy atom. The first-order valence-corrected chi connectivity index (χ1v) is 8.21. The van der Waals surface area contributed by atoms with Crippen LogP contribution in [-0.4, -0.2) is 21.4 Å². The number of aryl methyl sites for hydroxylation is 1. The third kappa shape index (κ3) is 3.45. The lowest BCUT2D eigenvalue weighted by atomic mass is 10.2. The van der Waals surface area contributed by atoms with Crippen LogP contribution in [-0.2, 0) is 23.5 Å². The molecule has 126 valence electrons. The van der Waals surface area contributed by atoms with E-state index >= 15 is 0 Å². The monoisotopic (exact) mass is 355 g/mol. The molecule has 1 aromatic heterocycles. The summed E-state index contributed by atoms with van der Waals surface area (Å²) in [5.74, 6) is -3.53. The molecule has 1 aliphatic rings. The molecular weight excluding hydrogens is 343 g/mol. The van der Waals surface area contributed by atoms with Crippen molar-refractivity contribution < 1.29 is 18.0 Å². The maximum absolute atomic E-state index is 13.1. The quantitative estimate of drug-likeness (QED) is 0.857. The Labute approximate surface area is 138 Å². The predicted octanol–water partition coefficient (Wildman–Crippen LogP) is 2.09. The van der Waals surface area contributed by atoms with Crippen molar-refractivity contribution in [1.82, 2.24) is 9.78 Å². The molecule has 2 heterocycles. The van der Waals surface area contributed by atoms with E-state index in [2.05, 4.69) is 10.4 Å². The molecule has 0 atom stereocenters. The van der Waals surface area contributed by atoms with Gasteiger partial charge in [0, 0.05) is 36.1 Å². The molecule has 9 heteroatoms. The third-order valence-corrected chi connectivity index (χ3v) is 4.47. The van der Waals surface area contributed by atoms with Gasteiger partial charge in [-0.15, -0.1) is 0 Å². The lowest BCUT2D eigenvalue weighted by Crippen LogP contribution is -2.31. The summed E-state index contributed by atoms with van der Waals surface area (Å²) in [5, 5.41) is 6.38. The zero-order valence-corrected chi connectivity index (χ0v) is 13.1. The third-order valence-electron chi connectivity index (χ3n) is 3.47. The van der Waals surface area contributed by atoms with Gasteiger partial charge in [-0.25, -0.2) is 17.9 Å². The summed E-state index contributed by atoms with van der Waals surface area (Å²) in [6.45, 7) is -0.403. The fourth-order valence-corrected chi connectivity index (χ4v) is 3.28. The zero-order chi connectivity index (χ0) is 17.3. The van der Waals surface area contributed by atoms with Crippen molar-refractivity contribution >= 4 is 23.4 Å². The summed E-state index contributed by atoms with van der Waals surface area (Å²) in [6.07, 6.45) is 0.705. The fourth-order valence-electron chi connectivity index (χ4n) is 2.33. The minimum atomic E-state index is -1.61. The van der Waals surface area contributed by atoms with Crippen LogP contribution in [0.15, 0.2) is 23.0 Å². The molecule has 0 radical (unpaired) electrons. The minimum Gasteiger partial charge on any atom is -0.324 e. The van der Waals surface area contributed by atoms with Gasteiger partial charge < -0.3 is 5.32 Å². The van der Waals surface area contributed by atoms with Gasteiger partial charge in [0.2, 0.25) is 5.91 Å². The Morgan fingerprint density at radius 2 is 1.96 bits per heavy atom. The topological polar surface area (TPSA) is 64.0 Å². The van der Waals surface area contributed by atoms with E-state index < -0.39 is 35.5 Å². The molecule has 24 heavy (non-hydrogen) atoms. The number of aromatic nitrogens is 2. The number of thioether (sulfide) groups is 1. The second kappa shape index (κ2) is 6.68. The SMILES string of the molecule is O=C(Cn1nc2c(cc1=O)CSCC2)Nc1cc(F)c(F)c(F)c1. The van der Waals surface area contributed by atoms with E-state index in [0.29, 0.717) is 24.3 Å². The van der Waals surface area contributed by atoms with Crippen molar-refractivity contribution in [3.8, 4) is 0 Å². The van der Waals surface area contributed by atoms with Crippen molar-refractivity contribution in [3.05, 3.63) is 57.3 Å². The molecule has 0 aliphatic carbocycles. The lowest BCUT2D eigenvalue weighted by Gasteiger charge is -2.15. The van der Waals surface area contributed by atoms with E-state index in [1.54, 1.807) is 11.8 Å². The molecule has 1 amide bonds. The molecule has 5 nitrogen and oxygen atoms in total. The number of fused-ring (bicyclic) bond motifs is 1. The number of rotatable bonds is 3. The number of amides is 1. The maximum Gasteiger partial charge on any atom is 0.267 e. The number of hydrogen-bond acceptors (Lipinski definition) is 4.